The standard InChI is InChI=1S/C32H23ClN6O2/c1-19-28-29(20-11-13-21(33)14-12-20)38-25-10-6-5-9-24(25)35-30(34-22-15-16-26-27(17-22)41-18-40-26)32(38)36-31(28)39(37-19)23-7-3-2-4-8-23/h2-17,29H,18H2,1H3,(H,34,35)/t29-/m0/s1. The molecule has 0 saturated carbocycles. The Morgan fingerprint density at radius 2 is 1.63 bits per heavy atom. The number of ether oxygens (including phenoxy) is 2. The number of benzene rings is 4. The third kappa shape index (κ3) is 3.87. The molecule has 8 nitrogen and oxygen atoms in total. The number of fused-ring (bicyclic) bond motifs is 5. The first-order chi connectivity index (χ1) is 20.1. The number of para-hydroxylation sites is 3. The molecule has 0 saturated heterocycles. The molecule has 5 aromatic rings. The predicted octanol–water partition coefficient (Wildman–Crippen LogP) is 7.36. The highest BCUT2D eigenvalue weighted by molar-refractivity contribution is 6.51. The van der Waals surface area contributed by atoms with Crippen molar-refractivity contribution in [2.24, 2.45) is 9.98 Å². The minimum absolute atomic E-state index is 0.210. The molecular formula is C32H23ClN6O2. The van der Waals surface area contributed by atoms with Gasteiger partial charge in [0.2, 0.25) is 6.79 Å². The molecule has 200 valence electrons. The van der Waals surface area contributed by atoms with Crippen LogP contribution in [0.15, 0.2) is 107 Å². The number of hydrogen-bond donors (Lipinski definition) is 1. The lowest BCUT2D eigenvalue weighted by Gasteiger charge is -2.40. The van der Waals surface area contributed by atoms with Gasteiger partial charge in [-0.1, -0.05) is 54.1 Å². The molecule has 0 bridgehead atoms. The predicted molar refractivity (Wildman–Crippen MR) is 161 cm³/mol. The zero-order chi connectivity index (χ0) is 27.5. The molecule has 4 heterocycles. The van der Waals surface area contributed by atoms with Crippen molar-refractivity contribution in [2.75, 3.05) is 17.0 Å². The van der Waals surface area contributed by atoms with E-state index >= 15 is 0 Å². The fraction of sp³-hybridized carbons (Fsp3) is 0.0938. The zero-order valence-electron chi connectivity index (χ0n) is 22.0. The minimum atomic E-state index is -0.225. The third-order valence-corrected chi connectivity index (χ3v) is 7.71. The van der Waals surface area contributed by atoms with Gasteiger partial charge in [-0.25, -0.2) is 14.7 Å². The van der Waals surface area contributed by atoms with Crippen molar-refractivity contribution in [3.8, 4) is 17.2 Å². The Morgan fingerprint density at radius 3 is 2.49 bits per heavy atom. The van der Waals surface area contributed by atoms with E-state index in [1.165, 1.54) is 0 Å². The monoisotopic (exact) mass is 558 g/mol. The van der Waals surface area contributed by atoms with Crippen molar-refractivity contribution < 1.29 is 9.47 Å². The van der Waals surface area contributed by atoms with Crippen LogP contribution in [-0.4, -0.2) is 28.2 Å². The number of amidine groups is 2. The maximum absolute atomic E-state index is 6.34. The first kappa shape index (κ1) is 23.8. The Morgan fingerprint density at radius 1 is 0.854 bits per heavy atom. The summed E-state index contributed by atoms with van der Waals surface area (Å²) in [5.41, 5.74) is 6.54. The van der Waals surface area contributed by atoms with Gasteiger partial charge >= 0.3 is 0 Å². The molecule has 1 aromatic heterocycles. The van der Waals surface area contributed by atoms with Gasteiger partial charge in [-0.3, -0.25) is 0 Å². The Hall–Kier alpha value is -5.08. The highest BCUT2D eigenvalue weighted by Crippen LogP contribution is 2.48. The topological polar surface area (TPSA) is 76.3 Å². The van der Waals surface area contributed by atoms with Crippen molar-refractivity contribution in [3.05, 3.63) is 119 Å². The molecule has 0 unspecified atom stereocenters. The van der Waals surface area contributed by atoms with Gasteiger partial charge in [-0.15, -0.1) is 0 Å². The van der Waals surface area contributed by atoms with Crippen LogP contribution in [-0.2, 0) is 0 Å². The number of halogens is 1. The summed E-state index contributed by atoms with van der Waals surface area (Å²) in [6.07, 6.45) is 0. The largest absolute Gasteiger partial charge is 0.454 e. The van der Waals surface area contributed by atoms with Crippen LogP contribution in [0.3, 0.4) is 0 Å². The molecule has 3 aliphatic rings. The second-order valence-electron chi connectivity index (χ2n) is 9.97. The molecule has 9 heteroatoms. The highest BCUT2D eigenvalue weighted by atomic mass is 35.5. The van der Waals surface area contributed by atoms with Crippen molar-refractivity contribution >= 4 is 46.2 Å². The molecule has 4 aromatic carbocycles. The lowest BCUT2D eigenvalue weighted by molar-refractivity contribution is 0.174. The SMILES string of the molecule is Cc1nn(-c2ccccc2)c2c1[C@H](c1ccc(Cl)cc1)N1C(=N2)C(Nc2ccc3c(c2)OCO3)=Nc2ccccc21. The summed E-state index contributed by atoms with van der Waals surface area (Å²) in [5.74, 6) is 3.47. The van der Waals surface area contributed by atoms with E-state index in [1.807, 2.05) is 90.5 Å². The van der Waals surface area contributed by atoms with Crippen LogP contribution in [0.4, 0.5) is 22.9 Å². The smallest absolute Gasteiger partial charge is 0.231 e. The lowest BCUT2D eigenvalue weighted by Crippen LogP contribution is -2.46. The van der Waals surface area contributed by atoms with Gasteiger partial charge in [-0.2, -0.15) is 5.10 Å². The summed E-state index contributed by atoms with van der Waals surface area (Å²) in [6.45, 7) is 2.25. The van der Waals surface area contributed by atoms with Crippen LogP contribution in [0, 0.1) is 6.92 Å². The molecule has 3 aliphatic heterocycles. The van der Waals surface area contributed by atoms with Crippen molar-refractivity contribution in [1.82, 2.24) is 9.78 Å². The van der Waals surface area contributed by atoms with E-state index in [2.05, 4.69) is 28.4 Å². The summed E-state index contributed by atoms with van der Waals surface area (Å²) >= 11 is 6.34. The van der Waals surface area contributed by atoms with E-state index in [4.69, 9.17) is 36.2 Å². The van der Waals surface area contributed by atoms with Gasteiger partial charge < -0.3 is 19.7 Å². The van der Waals surface area contributed by atoms with Gasteiger partial charge in [0.05, 0.1) is 28.8 Å². The number of nitrogens with zero attached hydrogens (tertiary/aromatic N) is 5. The van der Waals surface area contributed by atoms with Crippen molar-refractivity contribution in [2.45, 2.75) is 13.0 Å². The highest BCUT2D eigenvalue weighted by Gasteiger charge is 2.41. The molecule has 8 rings (SSSR count). The number of anilines is 2. The maximum atomic E-state index is 6.34. The number of aryl methyl sites for hydroxylation is 1. The average molecular weight is 559 g/mol. The second kappa shape index (κ2) is 9.25. The molecule has 41 heavy (non-hydrogen) atoms. The number of nitrogens with one attached hydrogen (secondary N) is 1. The summed E-state index contributed by atoms with van der Waals surface area (Å²) in [4.78, 5) is 12.6. The van der Waals surface area contributed by atoms with Crippen molar-refractivity contribution in [1.29, 1.82) is 0 Å². The van der Waals surface area contributed by atoms with E-state index in [0.29, 0.717) is 22.4 Å². The first-order valence-corrected chi connectivity index (χ1v) is 13.6. The summed E-state index contributed by atoms with van der Waals surface area (Å²) in [6, 6.07) is 31.7. The first-order valence-electron chi connectivity index (χ1n) is 13.3. The summed E-state index contributed by atoms with van der Waals surface area (Å²) < 4.78 is 13.1. The van der Waals surface area contributed by atoms with E-state index < -0.39 is 0 Å². The van der Waals surface area contributed by atoms with E-state index in [0.717, 1.165) is 51.1 Å². The van der Waals surface area contributed by atoms with Crippen molar-refractivity contribution in [3.63, 3.8) is 0 Å². The van der Waals surface area contributed by atoms with Gasteiger partial charge in [0, 0.05) is 22.3 Å². The Kier molecular flexibility index (Phi) is 5.36. The molecule has 0 amide bonds. The molecule has 0 fully saturated rings. The Labute approximate surface area is 241 Å². The minimum Gasteiger partial charge on any atom is -0.454 e. The van der Waals surface area contributed by atoms with Crippen LogP contribution in [0.1, 0.15) is 22.9 Å². The number of aliphatic imine (C=N–C) groups is 2. The fourth-order valence-electron chi connectivity index (χ4n) is 5.62. The summed E-state index contributed by atoms with van der Waals surface area (Å²) in [7, 11) is 0. The molecule has 1 N–H and O–H groups in total. The second-order valence-corrected chi connectivity index (χ2v) is 10.4. The van der Waals surface area contributed by atoms with Crippen LogP contribution in [0.5, 0.6) is 11.5 Å². The van der Waals surface area contributed by atoms with Gasteiger partial charge in [0.15, 0.2) is 29.0 Å². The number of aromatic nitrogens is 2. The van der Waals surface area contributed by atoms with Gasteiger partial charge in [-0.05, 0) is 61.0 Å². The summed E-state index contributed by atoms with van der Waals surface area (Å²) in [5, 5.41) is 9.19. The lowest BCUT2D eigenvalue weighted by atomic mass is 9.93. The molecule has 0 aliphatic carbocycles. The van der Waals surface area contributed by atoms with Crippen LogP contribution < -0.4 is 19.7 Å². The zero-order valence-corrected chi connectivity index (χ0v) is 22.7. The maximum Gasteiger partial charge on any atom is 0.231 e. The molecular weight excluding hydrogens is 536 g/mol. The quantitative estimate of drug-likeness (QED) is 0.250. The molecule has 0 spiro atoms. The van der Waals surface area contributed by atoms with Crippen LogP contribution in [0.25, 0.3) is 5.69 Å². The number of rotatable bonds is 3. The fourth-order valence-corrected chi connectivity index (χ4v) is 5.74. The van der Waals surface area contributed by atoms with E-state index in [-0.39, 0.29) is 12.8 Å². The number of hydrogen-bond acceptors (Lipinski definition) is 7. The normalized spacial score (nSPS) is 16.3. The van der Waals surface area contributed by atoms with E-state index in [9.17, 15) is 0 Å². The molecule has 1 atom stereocenters. The van der Waals surface area contributed by atoms with E-state index in [1.54, 1.807) is 0 Å². The van der Waals surface area contributed by atoms with Gasteiger partial charge in [0.1, 0.15) is 0 Å². The Balaban J connectivity index is 1.36. The van der Waals surface area contributed by atoms with Gasteiger partial charge in [0.25, 0.3) is 0 Å². The molecule has 0 radical (unpaired) electrons. The Bertz CT molecular complexity index is 1880. The van der Waals surface area contributed by atoms with Crippen LogP contribution >= 0.6 is 11.6 Å². The average Bonchev–Trinajstić information content (AvgIpc) is 3.61. The third-order valence-electron chi connectivity index (χ3n) is 7.46. The van der Waals surface area contributed by atoms with Crippen LogP contribution in [0.2, 0.25) is 5.02 Å².